The first-order valence-corrected chi connectivity index (χ1v) is 11.6. The summed E-state index contributed by atoms with van der Waals surface area (Å²) in [7, 11) is 3.07. The Morgan fingerprint density at radius 1 is 0.794 bits per heavy atom. The van der Waals surface area contributed by atoms with Gasteiger partial charge in [0.05, 0.1) is 20.0 Å². The van der Waals surface area contributed by atoms with Gasteiger partial charge in [-0.15, -0.1) is 11.8 Å². The first-order valence-electron chi connectivity index (χ1n) is 10.6. The molecule has 0 unspecified atom stereocenters. The second kappa shape index (κ2) is 10.8. The van der Waals surface area contributed by atoms with Gasteiger partial charge in [-0.3, -0.25) is 9.59 Å². The number of fused-ring (bicyclic) bond motifs is 1. The summed E-state index contributed by atoms with van der Waals surface area (Å²) in [6, 6.07) is 26.2. The number of carbonyl (C=O) groups excluding carboxylic acids is 2. The van der Waals surface area contributed by atoms with Crippen LogP contribution in [0, 0.1) is 0 Å². The lowest BCUT2D eigenvalue weighted by Crippen LogP contribution is -2.14. The van der Waals surface area contributed by atoms with Crippen molar-refractivity contribution < 1.29 is 19.1 Å². The Labute approximate surface area is 202 Å². The summed E-state index contributed by atoms with van der Waals surface area (Å²) in [6.07, 6.45) is 0. The number of amides is 2. The minimum absolute atomic E-state index is 0.0767. The largest absolute Gasteiger partial charge is 0.493 e. The van der Waals surface area contributed by atoms with Gasteiger partial charge < -0.3 is 20.1 Å². The van der Waals surface area contributed by atoms with E-state index in [1.807, 2.05) is 66.7 Å². The van der Waals surface area contributed by atoms with Crippen LogP contribution in [0.4, 0.5) is 11.4 Å². The average Bonchev–Trinajstić information content (AvgIpc) is 2.88. The van der Waals surface area contributed by atoms with Crippen LogP contribution in [0.3, 0.4) is 0 Å². The number of nitrogens with one attached hydrogen (secondary N) is 2. The smallest absolute Gasteiger partial charge is 0.255 e. The minimum atomic E-state index is -0.254. The summed E-state index contributed by atoms with van der Waals surface area (Å²) in [5, 5.41) is 7.95. The van der Waals surface area contributed by atoms with Crippen LogP contribution >= 0.6 is 11.8 Å². The van der Waals surface area contributed by atoms with Crippen LogP contribution in [0.2, 0.25) is 0 Å². The van der Waals surface area contributed by atoms with Crippen molar-refractivity contribution in [2.24, 2.45) is 0 Å². The standard InChI is InChI=1S/C27H24N2O4S/c1-32-24-15-10-19(16-25(24)33-2)27(31)28-20-11-13-21(14-12-20)34-17-26(30)29-23-9-5-7-18-6-3-4-8-22(18)23/h3-16H,17H2,1-2H3,(H,28,31)(H,29,30). The first-order chi connectivity index (χ1) is 16.6. The van der Waals surface area contributed by atoms with Crippen LogP contribution in [0.25, 0.3) is 10.8 Å². The number of benzene rings is 4. The van der Waals surface area contributed by atoms with E-state index in [2.05, 4.69) is 10.6 Å². The number of hydrogen-bond acceptors (Lipinski definition) is 5. The van der Waals surface area contributed by atoms with Gasteiger partial charge in [0.25, 0.3) is 5.91 Å². The molecule has 4 aromatic carbocycles. The topological polar surface area (TPSA) is 76.7 Å². The van der Waals surface area contributed by atoms with Gasteiger partial charge in [0, 0.05) is 27.2 Å². The maximum absolute atomic E-state index is 12.6. The maximum Gasteiger partial charge on any atom is 0.255 e. The zero-order valence-electron chi connectivity index (χ0n) is 18.8. The monoisotopic (exact) mass is 472 g/mol. The van der Waals surface area contributed by atoms with Crippen molar-refractivity contribution >= 4 is 45.7 Å². The third-order valence-electron chi connectivity index (χ3n) is 5.19. The predicted molar refractivity (Wildman–Crippen MR) is 137 cm³/mol. The molecule has 7 heteroatoms. The molecule has 0 radical (unpaired) electrons. The Kier molecular flexibility index (Phi) is 7.34. The summed E-state index contributed by atoms with van der Waals surface area (Å²) in [4.78, 5) is 26.0. The molecule has 0 aliphatic rings. The van der Waals surface area contributed by atoms with Crippen LogP contribution in [-0.2, 0) is 4.79 Å². The normalized spacial score (nSPS) is 10.5. The number of anilines is 2. The van der Waals surface area contributed by atoms with E-state index in [4.69, 9.17) is 9.47 Å². The molecular weight excluding hydrogens is 448 g/mol. The van der Waals surface area contributed by atoms with Crippen molar-refractivity contribution in [3.8, 4) is 11.5 Å². The first kappa shape index (κ1) is 23.2. The molecule has 34 heavy (non-hydrogen) atoms. The van der Waals surface area contributed by atoms with Crippen molar-refractivity contribution in [3.05, 3.63) is 90.5 Å². The lowest BCUT2D eigenvalue weighted by Gasteiger charge is -2.11. The van der Waals surface area contributed by atoms with Gasteiger partial charge in [-0.1, -0.05) is 36.4 Å². The van der Waals surface area contributed by atoms with Crippen LogP contribution in [0.15, 0.2) is 89.8 Å². The molecule has 0 fully saturated rings. The van der Waals surface area contributed by atoms with Gasteiger partial charge in [-0.25, -0.2) is 0 Å². The highest BCUT2D eigenvalue weighted by Crippen LogP contribution is 2.28. The van der Waals surface area contributed by atoms with E-state index < -0.39 is 0 Å². The van der Waals surface area contributed by atoms with Crippen LogP contribution in [0.5, 0.6) is 11.5 Å². The third kappa shape index (κ3) is 5.50. The molecule has 0 aliphatic heterocycles. The van der Waals surface area contributed by atoms with Crippen molar-refractivity contribution in [2.45, 2.75) is 4.90 Å². The number of methoxy groups -OCH3 is 2. The molecule has 0 spiro atoms. The van der Waals surface area contributed by atoms with Gasteiger partial charge in [0.1, 0.15) is 0 Å². The Hall–Kier alpha value is -3.97. The van der Waals surface area contributed by atoms with Gasteiger partial charge in [0.2, 0.25) is 5.91 Å². The lowest BCUT2D eigenvalue weighted by atomic mass is 10.1. The Morgan fingerprint density at radius 2 is 1.53 bits per heavy atom. The lowest BCUT2D eigenvalue weighted by molar-refractivity contribution is -0.113. The third-order valence-corrected chi connectivity index (χ3v) is 6.20. The molecule has 4 aromatic rings. The fraction of sp³-hybridized carbons (Fsp3) is 0.111. The zero-order valence-corrected chi connectivity index (χ0v) is 19.6. The molecule has 6 nitrogen and oxygen atoms in total. The fourth-order valence-electron chi connectivity index (χ4n) is 3.48. The molecule has 2 N–H and O–H groups in total. The van der Waals surface area contributed by atoms with Gasteiger partial charge in [0.15, 0.2) is 11.5 Å². The van der Waals surface area contributed by atoms with Crippen molar-refractivity contribution in [2.75, 3.05) is 30.6 Å². The summed E-state index contributed by atoms with van der Waals surface area (Å²) in [5.74, 6) is 0.997. The second-order valence-corrected chi connectivity index (χ2v) is 8.46. The molecular formula is C27H24N2O4S. The van der Waals surface area contributed by atoms with E-state index in [-0.39, 0.29) is 17.6 Å². The van der Waals surface area contributed by atoms with Gasteiger partial charge in [-0.05, 0) is 53.9 Å². The number of rotatable bonds is 8. The number of hydrogen-bond donors (Lipinski definition) is 2. The number of thioether (sulfide) groups is 1. The van der Waals surface area contributed by atoms with Crippen molar-refractivity contribution in [3.63, 3.8) is 0 Å². The van der Waals surface area contributed by atoms with Crippen LogP contribution < -0.4 is 20.1 Å². The fourth-order valence-corrected chi connectivity index (χ4v) is 4.18. The predicted octanol–water partition coefficient (Wildman–Crippen LogP) is 5.84. The highest BCUT2D eigenvalue weighted by molar-refractivity contribution is 8.00. The van der Waals surface area contributed by atoms with Gasteiger partial charge >= 0.3 is 0 Å². The van der Waals surface area contributed by atoms with Crippen molar-refractivity contribution in [1.29, 1.82) is 0 Å². The van der Waals surface area contributed by atoms with Crippen LogP contribution in [-0.4, -0.2) is 31.8 Å². The Balaban J connectivity index is 1.33. The summed E-state index contributed by atoms with van der Waals surface area (Å²) < 4.78 is 10.5. The van der Waals surface area contributed by atoms with Crippen LogP contribution in [0.1, 0.15) is 10.4 Å². The number of carbonyl (C=O) groups is 2. The molecule has 2 amide bonds. The van der Waals surface area contributed by atoms with E-state index in [0.717, 1.165) is 21.4 Å². The summed E-state index contributed by atoms with van der Waals surface area (Å²) >= 11 is 1.43. The zero-order chi connectivity index (χ0) is 23.9. The molecule has 172 valence electrons. The van der Waals surface area contributed by atoms with E-state index in [9.17, 15) is 9.59 Å². The summed E-state index contributed by atoms with van der Waals surface area (Å²) in [5.41, 5.74) is 1.92. The molecule has 0 heterocycles. The highest BCUT2D eigenvalue weighted by Gasteiger charge is 2.11. The molecule has 0 aromatic heterocycles. The molecule has 0 saturated heterocycles. The quantitative estimate of drug-likeness (QED) is 0.315. The highest BCUT2D eigenvalue weighted by atomic mass is 32.2. The van der Waals surface area contributed by atoms with E-state index >= 15 is 0 Å². The van der Waals surface area contributed by atoms with E-state index in [0.29, 0.717) is 22.7 Å². The SMILES string of the molecule is COc1ccc(C(=O)Nc2ccc(SCC(=O)Nc3cccc4ccccc34)cc2)cc1OC. The number of ether oxygens (including phenoxy) is 2. The van der Waals surface area contributed by atoms with Crippen molar-refractivity contribution in [1.82, 2.24) is 0 Å². The average molecular weight is 473 g/mol. The molecule has 0 bridgehead atoms. The second-order valence-electron chi connectivity index (χ2n) is 7.41. The van der Waals surface area contributed by atoms with E-state index in [1.165, 1.54) is 18.9 Å². The van der Waals surface area contributed by atoms with Gasteiger partial charge in [-0.2, -0.15) is 0 Å². The molecule has 0 aliphatic carbocycles. The van der Waals surface area contributed by atoms with E-state index in [1.54, 1.807) is 25.3 Å². The summed E-state index contributed by atoms with van der Waals surface area (Å²) in [6.45, 7) is 0. The molecule has 0 atom stereocenters. The maximum atomic E-state index is 12.6. The molecule has 0 saturated carbocycles. The molecule has 4 rings (SSSR count). The Morgan fingerprint density at radius 3 is 2.29 bits per heavy atom. The minimum Gasteiger partial charge on any atom is -0.493 e. The Bertz CT molecular complexity index is 1320.